The molecule has 2 nitrogen and oxygen atoms in total. The second-order valence-electron chi connectivity index (χ2n) is 3.85. The van der Waals surface area contributed by atoms with Gasteiger partial charge < -0.3 is 4.90 Å². The van der Waals surface area contributed by atoms with Crippen LogP contribution in [-0.2, 0) is 17.6 Å². The molecule has 0 radical (unpaired) electrons. The summed E-state index contributed by atoms with van der Waals surface area (Å²) in [5.41, 5.74) is 3.72. The van der Waals surface area contributed by atoms with Crippen LogP contribution in [0.2, 0.25) is 0 Å². The van der Waals surface area contributed by atoms with Crippen LogP contribution in [0.5, 0.6) is 0 Å². The first-order valence-corrected chi connectivity index (χ1v) is 6.29. The van der Waals surface area contributed by atoms with Gasteiger partial charge in [-0.3, -0.25) is 4.79 Å². The van der Waals surface area contributed by atoms with Gasteiger partial charge in [0.2, 0.25) is 5.91 Å². The molecular weight excluding hydrogens is 254 g/mol. The van der Waals surface area contributed by atoms with Gasteiger partial charge in [0.1, 0.15) is 0 Å². The molecule has 0 fully saturated rings. The van der Waals surface area contributed by atoms with Gasteiger partial charge in [0.05, 0.1) is 0 Å². The van der Waals surface area contributed by atoms with E-state index in [1.807, 2.05) is 7.05 Å². The average molecular weight is 268 g/mol. The lowest BCUT2D eigenvalue weighted by Crippen LogP contribution is -2.31. The predicted octanol–water partition coefficient (Wildman–Crippen LogP) is 2.53. The highest BCUT2D eigenvalue weighted by atomic mass is 79.9. The van der Waals surface area contributed by atoms with E-state index in [0.717, 1.165) is 23.9 Å². The average Bonchev–Trinajstić information content (AvgIpc) is 2.24. The lowest BCUT2D eigenvalue weighted by atomic mass is 9.98. The van der Waals surface area contributed by atoms with E-state index < -0.39 is 0 Å². The monoisotopic (exact) mass is 267 g/mol. The van der Waals surface area contributed by atoms with Crippen LogP contribution < -0.4 is 4.90 Å². The lowest BCUT2D eigenvalue weighted by molar-refractivity contribution is -0.118. The zero-order chi connectivity index (χ0) is 10.8. The fourth-order valence-corrected chi connectivity index (χ4v) is 2.43. The van der Waals surface area contributed by atoms with Crippen molar-refractivity contribution >= 4 is 27.5 Å². The second-order valence-corrected chi connectivity index (χ2v) is 4.65. The van der Waals surface area contributed by atoms with Gasteiger partial charge in [0.15, 0.2) is 0 Å². The molecule has 0 atom stereocenters. The summed E-state index contributed by atoms with van der Waals surface area (Å²) < 4.78 is 0. The summed E-state index contributed by atoms with van der Waals surface area (Å²) in [6.45, 7) is 0. The fourth-order valence-electron chi connectivity index (χ4n) is 1.97. The van der Waals surface area contributed by atoms with Crippen molar-refractivity contribution < 1.29 is 4.79 Å². The van der Waals surface area contributed by atoms with Gasteiger partial charge in [-0.2, -0.15) is 0 Å². The van der Waals surface area contributed by atoms with Crippen molar-refractivity contribution in [1.82, 2.24) is 0 Å². The second kappa shape index (κ2) is 4.35. The Hall–Kier alpha value is -0.830. The Morgan fingerprint density at radius 1 is 1.40 bits per heavy atom. The number of nitrogens with zero attached hydrogens (tertiary/aromatic N) is 1. The van der Waals surface area contributed by atoms with Crippen molar-refractivity contribution in [2.45, 2.75) is 19.3 Å². The number of alkyl halides is 1. The summed E-state index contributed by atoms with van der Waals surface area (Å²) >= 11 is 3.44. The van der Waals surface area contributed by atoms with Crippen molar-refractivity contribution in [3.63, 3.8) is 0 Å². The van der Waals surface area contributed by atoms with E-state index in [0.29, 0.717) is 6.42 Å². The van der Waals surface area contributed by atoms with Gasteiger partial charge in [-0.25, -0.2) is 0 Å². The van der Waals surface area contributed by atoms with Crippen LogP contribution in [0.15, 0.2) is 18.2 Å². The maximum atomic E-state index is 11.5. The van der Waals surface area contributed by atoms with E-state index >= 15 is 0 Å². The first-order valence-electron chi connectivity index (χ1n) is 5.16. The summed E-state index contributed by atoms with van der Waals surface area (Å²) in [5, 5.41) is 0.987. The number of fused-ring (bicyclic) bond motifs is 1. The smallest absolute Gasteiger partial charge is 0.227 e. The molecular formula is C12H14BrNO. The zero-order valence-corrected chi connectivity index (χ0v) is 10.4. The Kier molecular flexibility index (Phi) is 3.10. The van der Waals surface area contributed by atoms with Gasteiger partial charge >= 0.3 is 0 Å². The predicted molar refractivity (Wildman–Crippen MR) is 65.7 cm³/mol. The topological polar surface area (TPSA) is 20.3 Å². The Morgan fingerprint density at radius 3 is 2.93 bits per heavy atom. The molecule has 1 amide bonds. The molecule has 0 N–H and O–H groups in total. The number of carbonyl (C=O) groups is 1. The number of hydrogen-bond donors (Lipinski definition) is 0. The third-order valence-corrected chi connectivity index (χ3v) is 3.27. The van der Waals surface area contributed by atoms with Crippen LogP contribution >= 0.6 is 15.9 Å². The van der Waals surface area contributed by atoms with E-state index in [1.54, 1.807) is 4.90 Å². The van der Waals surface area contributed by atoms with Crippen LogP contribution in [0.4, 0.5) is 5.69 Å². The van der Waals surface area contributed by atoms with Crippen LogP contribution in [0.3, 0.4) is 0 Å². The molecule has 1 heterocycles. The highest BCUT2D eigenvalue weighted by Crippen LogP contribution is 2.27. The van der Waals surface area contributed by atoms with Crippen LogP contribution in [0, 0.1) is 0 Å². The number of amides is 1. The molecule has 2 rings (SSSR count). The van der Waals surface area contributed by atoms with Crippen LogP contribution in [0.25, 0.3) is 0 Å². The SMILES string of the molecule is CN1C(=O)CCc2cc(CCBr)ccc21. The standard InChI is InChI=1S/C12H14BrNO/c1-14-11-4-2-9(6-7-13)8-10(11)3-5-12(14)15/h2,4,8H,3,5-7H2,1H3. The van der Waals surface area contributed by atoms with Crippen molar-refractivity contribution in [2.24, 2.45) is 0 Å². The number of halogens is 1. The highest BCUT2D eigenvalue weighted by molar-refractivity contribution is 9.09. The minimum absolute atomic E-state index is 0.218. The molecule has 0 bridgehead atoms. The summed E-state index contributed by atoms with van der Waals surface area (Å²) in [6, 6.07) is 6.39. The number of carbonyl (C=O) groups excluding carboxylic acids is 1. The zero-order valence-electron chi connectivity index (χ0n) is 8.79. The molecule has 0 aliphatic carbocycles. The number of anilines is 1. The normalized spacial score (nSPS) is 15.3. The van der Waals surface area contributed by atoms with Crippen molar-refractivity contribution in [2.75, 3.05) is 17.3 Å². The third kappa shape index (κ3) is 2.07. The number of hydrogen-bond acceptors (Lipinski definition) is 1. The summed E-state index contributed by atoms with van der Waals surface area (Å²) in [5.74, 6) is 0.218. The Bertz CT molecular complexity index is 389. The minimum atomic E-state index is 0.218. The minimum Gasteiger partial charge on any atom is -0.315 e. The first-order chi connectivity index (χ1) is 7.22. The van der Waals surface area contributed by atoms with Gasteiger partial charge in [-0.05, 0) is 30.0 Å². The van der Waals surface area contributed by atoms with Crippen molar-refractivity contribution in [1.29, 1.82) is 0 Å². The molecule has 80 valence electrons. The van der Waals surface area contributed by atoms with Gasteiger partial charge in [-0.1, -0.05) is 28.1 Å². The summed E-state index contributed by atoms with van der Waals surface area (Å²) in [6.07, 6.45) is 2.57. The molecule has 0 saturated carbocycles. The lowest BCUT2D eigenvalue weighted by Gasteiger charge is -2.26. The van der Waals surface area contributed by atoms with Gasteiger partial charge in [-0.15, -0.1) is 0 Å². The van der Waals surface area contributed by atoms with Crippen molar-refractivity contribution in [3.05, 3.63) is 29.3 Å². The van der Waals surface area contributed by atoms with E-state index in [1.165, 1.54) is 11.1 Å². The van der Waals surface area contributed by atoms with Crippen molar-refractivity contribution in [3.8, 4) is 0 Å². The highest BCUT2D eigenvalue weighted by Gasteiger charge is 2.20. The molecule has 0 spiro atoms. The largest absolute Gasteiger partial charge is 0.315 e. The quantitative estimate of drug-likeness (QED) is 0.755. The summed E-state index contributed by atoms with van der Waals surface area (Å²) in [7, 11) is 1.85. The maximum Gasteiger partial charge on any atom is 0.227 e. The maximum absolute atomic E-state index is 11.5. The van der Waals surface area contributed by atoms with Crippen LogP contribution in [0.1, 0.15) is 17.5 Å². The Balaban J connectivity index is 2.34. The molecule has 0 unspecified atom stereocenters. The van der Waals surface area contributed by atoms with E-state index in [2.05, 4.69) is 34.1 Å². The molecule has 1 aliphatic heterocycles. The number of rotatable bonds is 2. The fraction of sp³-hybridized carbons (Fsp3) is 0.417. The first kappa shape index (κ1) is 10.7. The Labute approximate surface area is 98.4 Å². The number of aryl methyl sites for hydroxylation is 2. The summed E-state index contributed by atoms with van der Waals surface area (Å²) in [4.78, 5) is 13.2. The molecule has 15 heavy (non-hydrogen) atoms. The molecule has 1 aromatic carbocycles. The molecule has 1 aromatic rings. The van der Waals surface area contributed by atoms with E-state index in [4.69, 9.17) is 0 Å². The molecule has 1 aliphatic rings. The number of benzene rings is 1. The molecule has 3 heteroatoms. The van der Waals surface area contributed by atoms with Gasteiger partial charge in [0, 0.05) is 24.5 Å². The molecule has 0 aromatic heterocycles. The van der Waals surface area contributed by atoms with E-state index in [-0.39, 0.29) is 5.91 Å². The van der Waals surface area contributed by atoms with Gasteiger partial charge in [0.25, 0.3) is 0 Å². The Morgan fingerprint density at radius 2 is 2.20 bits per heavy atom. The third-order valence-electron chi connectivity index (χ3n) is 2.87. The molecule has 0 saturated heterocycles. The van der Waals surface area contributed by atoms with Crippen LogP contribution in [-0.4, -0.2) is 18.3 Å². The van der Waals surface area contributed by atoms with E-state index in [9.17, 15) is 4.79 Å².